The Balaban J connectivity index is 2.26. The first-order chi connectivity index (χ1) is 8.15. The average Bonchev–Trinajstić information content (AvgIpc) is 2.70. The second-order valence-electron chi connectivity index (χ2n) is 3.74. The van der Waals surface area contributed by atoms with Gasteiger partial charge in [0.2, 0.25) is 5.88 Å². The van der Waals surface area contributed by atoms with Gasteiger partial charge in [-0.25, -0.2) is 9.18 Å². The van der Waals surface area contributed by atoms with Crippen LogP contribution in [0.4, 0.5) is 4.39 Å². The second kappa shape index (κ2) is 4.80. The van der Waals surface area contributed by atoms with Crippen LogP contribution in [-0.2, 0) is 4.74 Å². The number of hydrogen-bond donors (Lipinski definition) is 1. The summed E-state index contributed by atoms with van der Waals surface area (Å²) >= 11 is 0. The SMILES string of the molecule is COc1ccn([C@@H]2O[C@H](CO)C[C@H]2F)c(=O)n1. The van der Waals surface area contributed by atoms with Crippen molar-refractivity contribution >= 4 is 0 Å². The lowest BCUT2D eigenvalue weighted by molar-refractivity contribution is -0.0394. The smallest absolute Gasteiger partial charge is 0.353 e. The molecule has 0 aromatic carbocycles. The first-order valence-corrected chi connectivity index (χ1v) is 5.19. The third kappa shape index (κ3) is 2.29. The van der Waals surface area contributed by atoms with Crippen LogP contribution in [-0.4, -0.2) is 40.6 Å². The fraction of sp³-hybridized carbons (Fsp3) is 0.600. The van der Waals surface area contributed by atoms with E-state index in [1.54, 1.807) is 0 Å². The molecule has 0 bridgehead atoms. The van der Waals surface area contributed by atoms with E-state index in [4.69, 9.17) is 14.6 Å². The van der Waals surface area contributed by atoms with Gasteiger partial charge in [-0.1, -0.05) is 0 Å². The number of aromatic nitrogens is 2. The van der Waals surface area contributed by atoms with Crippen molar-refractivity contribution in [2.75, 3.05) is 13.7 Å². The molecule has 0 amide bonds. The summed E-state index contributed by atoms with van der Waals surface area (Å²) in [6, 6.07) is 1.45. The summed E-state index contributed by atoms with van der Waals surface area (Å²) in [5.74, 6) is 0.165. The summed E-state index contributed by atoms with van der Waals surface area (Å²) in [7, 11) is 1.39. The largest absolute Gasteiger partial charge is 0.481 e. The first-order valence-electron chi connectivity index (χ1n) is 5.19. The summed E-state index contributed by atoms with van der Waals surface area (Å²) < 4.78 is 24.7. The van der Waals surface area contributed by atoms with E-state index < -0.39 is 24.2 Å². The minimum Gasteiger partial charge on any atom is -0.481 e. The Bertz CT molecular complexity index is 450. The van der Waals surface area contributed by atoms with Gasteiger partial charge in [0, 0.05) is 18.7 Å². The molecule has 3 atom stereocenters. The molecule has 0 unspecified atom stereocenters. The fourth-order valence-electron chi connectivity index (χ4n) is 1.77. The van der Waals surface area contributed by atoms with Crippen LogP contribution in [0.2, 0.25) is 0 Å². The van der Waals surface area contributed by atoms with E-state index in [0.29, 0.717) is 0 Å². The minimum atomic E-state index is -1.33. The topological polar surface area (TPSA) is 73.6 Å². The van der Waals surface area contributed by atoms with Gasteiger partial charge < -0.3 is 14.6 Å². The predicted octanol–water partition coefficient (Wildman–Crippen LogP) is -0.130. The van der Waals surface area contributed by atoms with Crippen LogP contribution < -0.4 is 10.4 Å². The van der Waals surface area contributed by atoms with Gasteiger partial charge in [0.15, 0.2) is 6.23 Å². The number of rotatable bonds is 3. The molecule has 0 saturated carbocycles. The van der Waals surface area contributed by atoms with Crippen molar-refractivity contribution in [3.8, 4) is 5.88 Å². The molecule has 1 N–H and O–H groups in total. The van der Waals surface area contributed by atoms with E-state index in [-0.39, 0.29) is 18.9 Å². The molecule has 2 heterocycles. The lowest BCUT2D eigenvalue weighted by Crippen LogP contribution is -2.30. The van der Waals surface area contributed by atoms with Crippen molar-refractivity contribution in [1.29, 1.82) is 0 Å². The molecule has 94 valence electrons. The average molecular weight is 244 g/mol. The van der Waals surface area contributed by atoms with E-state index in [1.807, 2.05) is 0 Å². The fourth-order valence-corrected chi connectivity index (χ4v) is 1.77. The first kappa shape index (κ1) is 12.0. The molecule has 6 nitrogen and oxygen atoms in total. The van der Waals surface area contributed by atoms with Gasteiger partial charge in [-0.2, -0.15) is 4.98 Å². The molecule has 1 saturated heterocycles. The quantitative estimate of drug-likeness (QED) is 0.801. The standard InChI is InChI=1S/C10H13FN2O4/c1-16-8-2-3-13(10(15)12-8)9-7(11)4-6(5-14)17-9/h2-3,6-7,9,14H,4-5H2,1H3/t6-,7+,9+/m0/s1. The number of ether oxygens (including phenoxy) is 2. The normalized spacial score (nSPS) is 28.3. The van der Waals surface area contributed by atoms with E-state index >= 15 is 0 Å². The summed E-state index contributed by atoms with van der Waals surface area (Å²) in [5.41, 5.74) is -0.643. The molecule has 1 fully saturated rings. The molecule has 1 aromatic heterocycles. The number of alkyl halides is 1. The van der Waals surface area contributed by atoms with Crippen molar-refractivity contribution in [3.05, 3.63) is 22.7 Å². The van der Waals surface area contributed by atoms with Crippen molar-refractivity contribution < 1.29 is 19.0 Å². The second-order valence-corrected chi connectivity index (χ2v) is 3.74. The van der Waals surface area contributed by atoms with Crippen molar-refractivity contribution in [1.82, 2.24) is 9.55 Å². The van der Waals surface area contributed by atoms with Crippen LogP contribution in [0.1, 0.15) is 12.6 Å². The number of aliphatic hydroxyl groups excluding tert-OH is 1. The number of hydrogen-bond acceptors (Lipinski definition) is 5. The highest BCUT2D eigenvalue weighted by molar-refractivity contribution is 5.06. The molecular formula is C10H13FN2O4. The number of halogens is 1. The van der Waals surface area contributed by atoms with Gasteiger partial charge in [-0.05, 0) is 0 Å². The Kier molecular flexibility index (Phi) is 3.39. The molecule has 1 aromatic rings. The van der Waals surface area contributed by atoms with E-state index in [2.05, 4.69) is 4.98 Å². The number of nitrogens with zero attached hydrogens (tertiary/aromatic N) is 2. The maximum atomic E-state index is 13.6. The Morgan fingerprint density at radius 2 is 2.53 bits per heavy atom. The number of aliphatic hydroxyl groups is 1. The zero-order valence-corrected chi connectivity index (χ0v) is 9.25. The van der Waals surface area contributed by atoms with Crippen LogP contribution in [0.3, 0.4) is 0 Å². The van der Waals surface area contributed by atoms with Crippen LogP contribution in [0, 0.1) is 0 Å². The highest BCUT2D eigenvalue weighted by atomic mass is 19.1. The predicted molar refractivity (Wildman–Crippen MR) is 55.6 cm³/mol. The maximum Gasteiger partial charge on any atom is 0.353 e. The highest BCUT2D eigenvalue weighted by Crippen LogP contribution is 2.30. The Labute approximate surface area is 96.6 Å². The van der Waals surface area contributed by atoms with Gasteiger partial charge in [0.1, 0.15) is 6.17 Å². The molecule has 2 rings (SSSR count). The van der Waals surface area contributed by atoms with Gasteiger partial charge in [-0.3, -0.25) is 4.57 Å². The molecule has 7 heteroatoms. The van der Waals surface area contributed by atoms with Crippen LogP contribution in [0.15, 0.2) is 17.1 Å². The Morgan fingerprint density at radius 3 is 3.06 bits per heavy atom. The zero-order valence-electron chi connectivity index (χ0n) is 9.25. The van der Waals surface area contributed by atoms with E-state index in [0.717, 1.165) is 4.57 Å². The summed E-state index contributed by atoms with van der Waals surface area (Å²) in [4.78, 5) is 15.2. The molecular weight excluding hydrogens is 231 g/mol. The van der Waals surface area contributed by atoms with Gasteiger partial charge in [0.25, 0.3) is 0 Å². The van der Waals surface area contributed by atoms with Gasteiger partial charge >= 0.3 is 5.69 Å². The molecule has 1 aliphatic heterocycles. The summed E-state index contributed by atoms with van der Waals surface area (Å²) in [6.07, 6.45) is -1.51. The zero-order chi connectivity index (χ0) is 12.4. The summed E-state index contributed by atoms with van der Waals surface area (Å²) in [5, 5.41) is 8.89. The lowest BCUT2D eigenvalue weighted by Gasteiger charge is -2.15. The summed E-state index contributed by atoms with van der Waals surface area (Å²) in [6.45, 7) is -0.269. The van der Waals surface area contributed by atoms with Crippen molar-refractivity contribution in [3.63, 3.8) is 0 Å². The van der Waals surface area contributed by atoms with Crippen LogP contribution >= 0.6 is 0 Å². The highest BCUT2D eigenvalue weighted by Gasteiger charge is 2.36. The van der Waals surface area contributed by atoms with Gasteiger partial charge in [0.05, 0.1) is 19.8 Å². The van der Waals surface area contributed by atoms with Crippen LogP contribution in [0.25, 0.3) is 0 Å². The van der Waals surface area contributed by atoms with Crippen molar-refractivity contribution in [2.45, 2.75) is 24.9 Å². The van der Waals surface area contributed by atoms with E-state index in [1.165, 1.54) is 19.4 Å². The maximum absolute atomic E-state index is 13.6. The number of methoxy groups -OCH3 is 1. The van der Waals surface area contributed by atoms with Crippen LogP contribution in [0.5, 0.6) is 5.88 Å². The molecule has 0 radical (unpaired) electrons. The van der Waals surface area contributed by atoms with E-state index in [9.17, 15) is 9.18 Å². The third-order valence-electron chi connectivity index (χ3n) is 2.62. The molecule has 1 aliphatic rings. The van der Waals surface area contributed by atoms with Gasteiger partial charge in [-0.15, -0.1) is 0 Å². The lowest BCUT2D eigenvalue weighted by atomic mass is 10.2. The monoisotopic (exact) mass is 244 g/mol. The Hall–Kier alpha value is -1.47. The molecule has 0 aliphatic carbocycles. The Morgan fingerprint density at radius 1 is 1.76 bits per heavy atom. The molecule has 17 heavy (non-hydrogen) atoms. The van der Waals surface area contributed by atoms with Crippen molar-refractivity contribution in [2.24, 2.45) is 0 Å². The molecule has 0 spiro atoms. The third-order valence-corrected chi connectivity index (χ3v) is 2.62. The minimum absolute atomic E-state index is 0.0691.